The van der Waals surface area contributed by atoms with Gasteiger partial charge < -0.3 is 20.5 Å². The van der Waals surface area contributed by atoms with Gasteiger partial charge in [0.05, 0.1) is 19.4 Å². The van der Waals surface area contributed by atoms with E-state index in [-0.39, 0.29) is 5.75 Å². The van der Waals surface area contributed by atoms with Crippen LogP contribution in [0.3, 0.4) is 0 Å². The van der Waals surface area contributed by atoms with Crippen LogP contribution in [0.2, 0.25) is 0 Å². The fourth-order valence-electron chi connectivity index (χ4n) is 1.80. The highest BCUT2D eigenvalue weighted by Gasteiger charge is 2.05. The third kappa shape index (κ3) is 3.12. The average molecular weight is 276 g/mol. The molecular formula is C15H17FN2O2. The van der Waals surface area contributed by atoms with E-state index >= 15 is 0 Å². The molecule has 5 heteroatoms. The van der Waals surface area contributed by atoms with E-state index in [1.165, 1.54) is 13.2 Å². The second-order valence-corrected chi connectivity index (χ2v) is 4.16. The molecule has 0 saturated carbocycles. The molecule has 0 spiro atoms. The molecule has 4 nitrogen and oxygen atoms in total. The van der Waals surface area contributed by atoms with E-state index < -0.39 is 5.82 Å². The molecule has 0 heterocycles. The number of nitrogens with two attached hydrogens (primary N) is 1. The van der Waals surface area contributed by atoms with Gasteiger partial charge in [-0.05, 0) is 31.2 Å². The Morgan fingerprint density at radius 3 is 2.45 bits per heavy atom. The van der Waals surface area contributed by atoms with Gasteiger partial charge in [-0.1, -0.05) is 0 Å². The highest BCUT2D eigenvalue weighted by atomic mass is 19.1. The van der Waals surface area contributed by atoms with Gasteiger partial charge in [0.25, 0.3) is 0 Å². The van der Waals surface area contributed by atoms with Gasteiger partial charge in [0.1, 0.15) is 5.75 Å². The summed E-state index contributed by atoms with van der Waals surface area (Å²) in [6.07, 6.45) is 0. The predicted octanol–water partition coefficient (Wildman–Crippen LogP) is 3.56. The van der Waals surface area contributed by atoms with Crippen molar-refractivity contribution in [2.45, 2.75) is 6.92 Å². The summed E-state index contributed by atoms with van der Waals surface area (Å²) in [4.78, 5) is 0. The lowest BCUT2D eigenvalue weighted by atomic mass is 10.2. The van der Waals surface area contributed by atoms with E-state index in [1.807, 2.05) is 6.92 Å². The van der Waals surface area contributed by atoms with Gasteiger partial charge in [-0.2, -0.15) is 0 Å². The van der Waals surface area contributed by atoms with Crippen molar-refractivity contribution in [1.82, 2.24) is 0 Å². The van der Waals surface area contributed by atoms with Crippen molar-refractivity contribution in [3.63, 3.8) is 0 Å². The van der Waals surface area contributed by atoms with E-state index in [9.17, 15) is 4.39 Å². The van der Waals surface area contributed by atoms with Gasteiger partial charge in [0.2, 0.25) is 0 Å². The van der Waals surface area contributed by atoms with Gasteiger partial charge in [0, 0.05) is 23.5 Å². The molecule has 0 aliphatic heterocycles. The second kappa shape index (κ2) is 6.14. The molecule has 2 aromatic carbocycles. The maximum atomic E-state index is 13.6. The van der Waals surface area contributed by atoms with E-state index in [1.54, 1.807) is 30.3 Å². The molecule has 0 radical (unpaired) electrons. The summed E-state index contributed by atoms with van der Waals surface area (Å²) in [6, 6.07) is 10.0. The zero-order valence-electron chi connectivity index (χ0n) is 11.4. The monoisotopic (exact) mass is 276 g/mol. The van der Waals surface area contributed by atoms with Crippen LogP contribution < -0.4 is 20.5 Å². The van der Waals surface area contributed by atoms with Gasteiger partial charge in [-0.15, -0.1) is 0 Å². The molecule has 106 valence electrons. The van der Waals surface area contributed by atoms with Crippen LogP contribution in [0, 0.1) is 5.82 Å². The molecule has 2 rings (SSSR count). The van der Waals surface area contributed by atoms with Crippen molar-refractivity contribution in [2.24, 2.45) is 0 Å². The lowest BCUT2D eigenvalue weighted by molar-refractivity contribution is 0.342. The molecule has 0 aliphatic carbocycles. The molecule has 0 saturated heterocycles. The molecule has 0 fully saturated rings. The zero-order valence-corrected chi connectivity index (χ0v) is 11.4. The van der Waals surface area contributed by atoms with Crippen molar-refractivity contribution < 1.29 is 13.9 Å². The largest absolute Gasteiger partial charge is 0.494 e. The highest BCUT2D eigenvalue weighted by Crippen LogP contribution is 2.28. The Labute approximate surface area is 117 Å². The molecule has 0 aliphatic rings. The highest BCUT2D eigenvalue weighted by molar-refractivity contribution is 5.67. The van der Waals surface area contributed by atoms with E-state index in [2.05, 4.69) is 5.32 Å². The number of nitrogen functional groups attached to an aromatic ring is 1. The third-order valence-corrected chi connectivity index (χ3v) is 2.75. The molecule has 0 atom stereocenters. The summed E-state index contributed by atoms with van der Waals surface area (Å²) in [5.74, 6) is 0.396. The topological polar surface area (TPSA) is 56.5 Å². The molecule has 0 bridgehead atoms. The van der Waals surface area contributed by atoms with Crippen LogP contribution in [0.1, 0.15) is 6.92 Å². The average Bonchev–Trinajstić information content (AvgIpc) is 2.43. The minimum atomic E-state index is -0.419. The SMILES string of the molecule is CCOc1cc(Nc2ccc(OC)c(F)c2)ccc1N. The maximum Gasteiger partial charge on any atom is 0.167 e. The van der Waals surface area contributed by atoms with Gasteiger partial charge in [0.15, 0.2) is 11.6 Å². The number of methoxy groups -OCH3 is 1. The smallest absolute Gasteiger partial charge is 0.167 e. The first kappa shape index (κ1) is 14.0. The first-order chi connectivity index (χ1) is 9.63. The molecule has 3 N–H and O–H groups in total. The number of nitrogens with one attached hydrogen (secondary N) is 1. The number of benzene rings is 2. The molecule has 0 aromatic heterocycles. The van der Waals surface area contributed by atoms with Crippen molar-refractivity contribution in [3.05, 3.63) is 42.2 Å². The number of halogens is 1. The maximum absolute atomic E-state index is 13.6. The summed E-state index contributed by atoms with van der Waals surface area (Å²) in [6.45, 7) is 2.42. The molecular weight excluding hydrogens is 259 g/mol. The fraction of sp³-hybridized carbons (Fsp3) is 0.200. The van der Waals surface area contributed by atoms with Crippen LogP contribution in [-0.2, 0) is 0 Å². The van der Waals surface area contributed by atoms with E-state index in [4.69, 9.17) is 15.2 Å². The Bertz CT molecular complexity index is 602. The van der Waals surface area contributed by atoms with Crippen molar-refractivity contribution in [3.8, 4) is 11.5 Å². The van der Waals surface area contributed by atoms with Crippen LogP contribution in [-0.4, -0.2) is 13.7 Å². The van der Waals surface area contributed by atoms with Crippen LogP contribution in [0.5, 0.6) is 11.5 Å². The zero-order chi connectivity index (χ0) is 14.5. The van der Waals surface area contributed by atoms with Crippen LogP contribution in [0.15, 0.2) is 36.4 Å². The number of ether oxygens (including phenoxy) is 2. The summed E-state index contributed by atoms with van der Waals surface area (Å²) < 4.78 is 23.9. The normalized spacial score (nSPS) is 10.2. The molecule has 0 unspecified atom stereocenters. The molecule has 2 aromatic rings. The van der Waals surface area contributed by atoms with Crippen LogP contribution in [0.25, 0.3) is 0 Å². The quantitative estimate of drug-likeness (QED) is 0.820. The van der Waals surface area contributed by atoms with E-state index in [0.717, 1.165) is 5.69 Å². The number of rotatable bonds is 5. The van der Waals surface area contributed by atoms with Crippen LogP contribution in [0.4, 0.5) is 21.5 Å². The Hall–Kier alpha value is -2.43. The second-order valence-electron chi connectivity index (χ2n) is 4.16. The Morgan fingerprint density at radius 2 is 1.80 bits per heavy atom. The minimum absolute atomic E-state index is 0.211. The van der Waals surface area contributed by atoms with Crippen molar-refractivity contribution in [2.75, 3.05) is 24.8 Å². The lowest BCUT2D eigenvalue weighted by Crippen LogP contribution is -1.99. The van der Waals surface area contributed by atoms with Crippen molar-refractivity contribution in [1.29, 1.82) is 0 Å². The summed E-state index contributed by atoms with van der Waals surface area (Å²) >= 11 is 0. The molecule has 20 heavy (non-hydrogen) atoms. The standard InChI is InChI=1S/C15H17FN2O2/c1-3-20-15-9-11(4-6-13(15)17)18-10-5-7-14(19-2)12(16)8-10/h4-9,18H,3,17H2,1-2H3. The fourth-order valence-corrected chi connectivity index (χ4v) is 1.80. The van der Waals surface area contributed by atoms with Gasteiger partial charge >= 0.3 is 0 Å². The Kier molecular flexibility index (Phi) is 4.30. The number of hydrogen-bond acceptors (Lipinski definition) is 4. The Morgan fingerprint density at radius 1 is 1.10 bits per heavy atom. The summed E-state index contributed by atoms with van der Waals surface area (Å²) in [7, 11) is 1.43. The third-order valence-electron chi connectivity index (χ3n) is 2.75. The van der Waals surface area contributed by atoms with E-state index in [0.29, 0.717) is 23.7 Å². The Balaban J connectivity index is 2.21. The lowest BCUT2D eigenvalue weighted by Gasteiger charge is -2.12. The predicted molar refractivity (Wildman–Crippen MR) is 78.3 cm³/mol. The summed E-state index contributed by atoms with van der Waals surface area (Å²) in [5, 5.41) is 3.09. The van der Waals surface area contributed by atoms with Crippen molar-refractivity contribution >= 4 is 17.1 Å². The molecule has 0 amide bonds. The number of anilines is 3. The minimum Gasteiger partial charge on any atom is -0.494 e. The van der Waals surface area contributed by atoms with Gasteiger partial charge in [-0.25, -0.2) is 4.39 Å². The first-order valence-corrected chi connectivity index (χ1v) is 6.27. The number of hydrogen-bond donors (Lipinski definition) is 2. The summed E-state index contributed by atoms with van der Waals surface area (Å²) in [5.41, 5.74) is 7.76. The van der Waals surface area contributed by atoms with Gasteiger partial charge in [-0.3, -0.25) is 0 Å². The first-order valence-electron chi connectivity index (χ1n) is 6.27. The van der Waals surface area contributed by atoms with Crippen LogP contribution >= 0.6 is 0 Å².